The zero-order valence-electron chi connectivity index (χ0n) is 11.0. The third-order valence-corrected chi connectivity index (χ3v) is 3.69. The van der Waals surface area contributed by atoms with E-state index in [0.717, 1.165) is 4.47 Å². The van der Waals surface area contributed by atoms with Gasteiger partial charge in [0, 0.05) is 43.9 Å². The Morgan fingerprint density at radius 3 is 2.35 bits per heavy atom. The molecule has 2 heterocycles. The van der Waals surface area contributed by atoms with Crippen molar-refractivity contribution in [1.82, 2.24) is 14.4 Å². The third kappa shape index (κ3) is 3.76. The Bertz CT molecular complexity index is 493. The molecule has 0 aliphatic carbocycles. The molecular formula is C12H15BrF3N3O. The predicted molar refractivity (Wildman–Crippen MR) is 71.5 cm³/mol. The highest BCUT2D eigenvalue weighted by Gasteiger charge is 2.33. The lowest BCUT2D eigenvalue weighted by molar-refractivity contribution is -0.148. The summed E-state index contributed by atoms with van der Waals surface area (Å²) in [6, 6.07) is 1.71. The van der Waals surface area contributed by atoms with Gasteiger partial charge >= 0.3 is 6.18 Å². The zero-order valence-corrected chi connectivity index (χ0v) is 12.5. The van der Waals surface area contributed by atoms with E-state index in [2.05, 4.69) is 15.9 Å². The Balaban J connectivity index is 1.94. The SMILES string of the molecule is Cn1cc(Br)cc1C(=O)N1CCN(CC(F)(F)F)CC1. The number of hydrogen-bond acceptors (Lipinski definition) is 2. The Kier molecular flexibility index (Phi) is 4.43. The van der Waals surface area contributed by atoms with Crippen molar-refractivity contribution in [2.75, 3.05) is 32.7 Å². The van der Waals surface area contributed by atoms with Crippen LogP contribution in [0.25, 0.3) is 0 Å². The molecule has 0 bridgehead atoms. The van der Waals surface area contributed by atoms with Gasteiger partial charge in [-0.25, -0.2) is 0 Å². The molecule has 0 radical (unpaired) electrons. The number of carbonyl (C=O) groups excluding carboxylic acids is 1. The summed E-state index contributed by atoms with van der Waals surface area (Å²) in [7, 11) is 1.76. The highest BCUT2D eigenvalue weighted by Crippen LogP contribution is 2.19. The molecule has 0 N–H and O–H groups in total. The number of hydrogen-bond donors (Lipinski definition) is 0. The van der Waals surface area contributed by atoms with Crippen molar-refractivity contribution < 1.29 is 18.0 Å². The van der Waals surface area contributed by atoms with Crippen LogP contribution in [0.3, 0.4) is 0 Å². The standard InChI is InChI=1S/C12H15BrF3N3O/c1-17-7-9(13)6-10(17)11(20)19-4-2-18(3-5-19)8-12(14,15)16/h6-7H,2-5,8H2,1H3. The molecule has 8 heteroatoms. The molecule has 0 aromatic carbocycles. The van der Waals surface area contributed by atoms with Crippen LogP contribution in [-0.4, -0.2) is 59.2 Å². The highest BCUT2D eigenvalue weighted by molar-refractivity contribution is 9.10. The first-order valence-electron chi connectivity index (χ1n) is 6.16. The lowest BCUT2D eigenvalue weighted by Crippen LogP contribution is -2.51. The number of amides is 1. The van der Waals surface area contributed by atoms with E-state index in [-0.39, 0.29) is 19.0 Å². The second-order valence-corrected chi connectivity index (χ2v) is 5.75. The molecule has 0 atom stereocenters. The number of carbonyl (C=O) groups is 1. The van der Waals surface area contributed by atoms with Gasteiger partial charge in [-0.05, 0) is 22.0 Å². The third-order valence-electron chi connectivity index (χ3n) is 3.25. The maximum Gasteiger partial charge on any atom is 0.401 e. The Hall–Kier alpha value is -1.02. The summed E-state index contributed by atoms with van der Waals surface area (Å²) < 4.78 is 39.4. The molecule has 1 aliphatic rings. The van der Waals surface area contributed by atoms with Crippen LogP contribution < -0.4 is 0 Å². The van der Waals surface area contributed by atoms with E-state index in [0.29, 0.717) is 18.8 Å². The first-order chi connectivity index (χ1) is 9.26. The summed E-state index contributed by atoms with van der Waals surface area (Å²) in [6.07, 6.45) is -2.41. The Morgan fingerprint density at radius 1 is 1.30 bits per heavy atom. The maximum absolute atomic E-state index is 12.3. The van der Waals surface area contributed by atoms with Crippen LogP contribution in [0.1, 0.15) is 10.5 Å². The van der Waals surface area contributed by atoms with E-state index < -0.39 is 12.7 Å². The number of alkyl halides is 3. The van der Waals surface area contributed by atoms with Crippen LogP contribution in [-0.2, 0) is 7.05 Å². The molecular weight excluding hydrogens is 339 g/mol. The van der Waals surface area contributed by atoms with Gasteiger partial charge in [0.25, 0.3) is 5.91 Å². The first-order valence-corrected chi connectivity index (χ1v) is 6.96. The Morgan fingerprint density at radius 2 is 1.90 bits per heavy atom. The van der Waals surface area contributed by atoms with Gasteiger partial charge < -0.3 is 9.47 Å². The van der Waals surface area contributed by atoms with Crippen molar-refractivity contribution in [1.29, 1.82) is 0 Å². The monoisotopic (exact) mass is 353 g/mol. The lowest BCUT2D eigenvalue weighted by Gasteiger charge is -2.35. The van der Waals surface area contributed by atoms with E-state index >= 15 is 0 Å². The van der Waals surface area contributed by atoms with E-state index in [1.165, 1.54) is 4.90 Å². The first kappa shape index (κ1) is 15.4. The second-order valence-electron chi connectivity index (χ2n) is 4.84. The fraction of sp³-hybridized carbons (Fsp3) is 0.583. The lowest BCUT2D eigenvalue weighted by atomic mass is 10.2. The van der Waals surface area contributed by atoms with Crippen LogP contribution in [0.5, 0.6) is 0 Å². The number of rotatable bonds is 2. The topological polar surface area (TPSA) is 28.5 Å². The van der Waals surface area contributed by atoms with Gasteiger partial charge in [-0.3, -0.25) is 9.69 Å². The summed E-state index contributed by atoms with van der Waals surface area (Å²) in [5.41, 5.74) is 0.529. The number of halogens is 4. The van der Waals surface area contributed by atoms with Gasteiger partial charge in [0.05, 0.1) is 6.54 Å². The van der Waals surface area contributed by atoms with Gasteiger partial charge in [-0.15, -0.1) is 0 Å². The molecule has 1 aromatic rings. The predicted octanol–water partition coefficient (Wildman–Crippen LogP) is 2.11. The van der Waals surface area contributed by atoms with Crippen LogP contribution in [0, 0.1) is 0 Å². The molecule has 20 heavy (non-hydrogen) atoms. The number of aromatic nitrogens is 1. The average Bonchev–Trinajstić information content (AvgIpc) is 2.66. The van der Waals surface area contributed by atoms with Gasteiger partial charge in [0.1, 0.15) is 5.69 Å². The minimum absolute atomic E-state index is 0.148. The fourth-order valence-corrected chi connectivity index (χ4v) is 2.79. The molecule has 1 aromatic heterocycles. The normalized spacial score (nSPS) is 17.6. The van der Waals surface area contributed by atoms with Crippen molar-refractivity contribution in [3.63, 3.8) is 0 Å². The van der Waals surface area contributed by atoms with Crippen molar-refractivity contribution in [3.05, 3.63) is 22.4 Å². The number of nitrogens with zero attached hydrogens (tertiary/aromatic N) is 3. The van der Waals surface area contributed by atoms with E-state index in [1.807, 2.05) is 0 Å². The van der Waals surface area contributed by atoms with Crippen LogP contribution in [0.2, 0.25) is 0 Å². The quantitative estimate of drug-likeness (QED) is 0.814. The van der Waals surface area contributed by atoms with Crippen molar-refractivity contribution in [3.8, 4) is 0 Å². The number of aryl methyl sites for hydroxylation is 1. The summed E-state index contributed by atoms with van der Waals surface area (Å²) in [4.78, 5) is 15.2. The molecule has 1 aliphatic heterocycles. The highest BCUT2D eigenvalue weighted by atomic mass is 79.9. The zero-order chi connectivity index (χ0) is 14.9. The largest absolute Gasteiger partial charge is 0.401 e. The molecule has 2 rings (SSSR count). The van der Waals surface area contributed by atoms with Gasteiger partial charge in [-0.2, -0.15) is 13.2 Å². The number of piperazine rings is 1. The van der Waals surface area contributed by atoms with Crippen molar-refractivity contribution in [2.24, 2.45) is 7.05 Å². The molecule has 0 unspecified atom stereocenters. The van der Waals surface area contributed by atoms with E-state index in [9.17, 15) is 18.0 Å². The molecule has 112 valence electrons. The molecule has 0 saturated carbocycles. The molecule has 1 amide bonds. The van der Waals surface area contributed by atoms with Crippen LogP contribution >= 0.6 is 15.9 Å². The molecule has 4 nitrogen and oxygen atoms in total. The van der Waals surface area contributed by atoms with Gasteiger partial charge in [0.2, 0.25) is 0 Å². The maximum atomic E-state index is 12.3. The van der Waals surface area contributed by atoms with Crippen molar-refractivity contribution >= 4 is 21.8 Å². The molecule has 1 fully saturated rings. The average molecular weight is 354 g/mol. The minimum Gasteiger partial charge on any atom is -0.345 e. The molecule has 1 saturated heterocycles. The Labute approximate surface area is 123 Å². The van der Waals surface area contributed by atoms with E-state index in [1.54, 1.807) is 28.8 Å². The van der Waals surface area contributed by atoms with Crippen LogP contribution in [0.15, 0.2) is 16.7 Å². The van der Waals surface area contributed by atoms with E-state index in [4.69, 9.17) is 0 Å². The summed E-state index contributed by atoms with van der Waals surface area (Å²) in [5.74, 6) is -0.148. The second kappa shape index (κ2) is 5.77. The van der Waals surface area contributed by atoms with Gasteiger partial charge in [-0.1, -0.05) is 0 Å². The smallest absolute Gasteiger partial charge is 0.345 e. The fourth-order valence-electron chi connectivity index (χ4n) is 2.26. The minimum atomic E-state index is -4.19. The molecule has 0 spiro atoms. The summed E-state index contributed by atoms with van der Waals surface area (Å²) >= 11 is 3.29. The van der Waals surface area contributed by atoms with Crippen molar-refractivity contribution in [2.45, 2.75) is 6.18 Å². The van der Waals surface area contributed by atoms with Crippen LogP contribution in [0.4, 0.5) is 13.2 Å². The summed E-state index contributed by atoms with van der Waals surface area (Å²) in [5, 5.41) is 0. The summed E-state index contributed by atoms with van der Waals surface area (Å²) in [6.45, 7) is 0.216. The van der Waals surface area contributed by atoms with Gasteiger partial charge in [0.15, 0.2) is 0 Å².